The van der Waals surface area contributed by atoms with Crippen LogP contribution in [0.2, 0.25) is 0 Å². The highest BCUT2D eigenvalue weighted by Crippen LogP contribution is 2.21. The second-order valence-electron chi connectivity index (χ2n) is 6.25. The molecule has 1 N–H and O–H groups in total. The van der Waals surface area contributed by atoms with Crippen molar-refractivity contribution in [3.05, 3.63) is 35.9 Å². The Morgan fingerprint density at radius 1 is 1.25 bits per heavy atom. The van der Waals surface area contributed by atoms with Crippen LogP contribution in [0.1, 0.15) is 38.7 Å². The Balaban J connectivity index is 1.71. The van der Waals surface area contributed by atoms with E-state index in [1.165, 1.54) is 12.5 Å². The molecule has 0 aromatic heterocycles. The van der Waals surface area contributed by atoms with Gasteiger partial charge in [-0.1, -0.05) is 30.3 Å². The van der Waals surface area contributed by atoms with Crippen molar-refractivity contribution in [1.82, 2.24) is 10.2 Å². The van der Waals surface area contributed by atoms with Gasteiger partial charge in [0.25, 0.3) is 0 Å². The van der Waals surface area contributed by atoms with Crippen molar-refractivity contribution < 1.29 is 14.3 Å². The fraction of sp³-hybridized carbons (Fsp3) is 0.579. The Morgan fingerprint density at radius 3 is 2.67 bits per heavy atom. The quantitative estimate of drug-likeness (QED) is 0.742. The summed E-state index contributed by atoms with van der Waals surface area (Å²) < 4.78 is 5.91. The number of likely N-dealkylation sites (tertiary alicyclic amines) is 1. The lowest BCUT2D eigenvalue weighted by molar-refractivity contribution is -0.136. The van der Waals surface area contributed by atoms with Crippen molar-refractivity contribution in [3.8, 4) is 0 Å². The number of nitrogens with one attached hydrogen (secondary N) is 1. The molecule has 1 aromatic rings. The van der Waals surface area contributed by atoms with Crippen LogP contribution >= 0.6 is 0 Å². The van der Waals surface area contributed by atoms with Crippen molar-refractivity contribution in [2.24, 2.45) is 0 Å². The van der Waals surface area contributed by atoms with Crippen molar-refractivity contribution in [2.45, 2.75) is 51.7 Å². The fourth-order valence-electron chi connectivity index (χ4n) is 3.13. The van der Waals surface area contributed by atoms with Gasteiger partial charge in [0.05, 0.1) is 6.10 Å². The number of ether oxygens (including phenoxy) is 1. The molecular formula is C19H28N2O3. The smallest absolute Gasteiger partial charge is 0.242 e. The third-order valence-electron chi connectivity index (χ3n) is 4.38. The molecular weight excluding hydrogens is 304 g/mol. The fourth-order valence-corrected chi connectivity index (χ4v) is 3.13. The number of carbonyl (C=O) groups excluding carboxylic acids is 2. The molecule has 0 aliphatic carbocycles. The largest absolute Gasteiger partial charge is 0.376 e. The van der Waals surface area contributed by atoms with Gasteiger partial charge in [-0.15, -0.1) is 0 Å². The number of nitrogens with zero attached hydrogens (tertiary/aromatic N) is 1. The Hall–Kier alpha value is -1.88. The van der Waals surface area contributed by atoms with E-state index in [1.54, 1.807) is 4.90 Å². The minimum atomic E-state index is -0.392. The summed E-state index contributed by atoms with van der Waals surface area (Å²) in [6.07, 6.45) is 3.66. The van der Waals surface area contributed by atoms with Gasteiger partial charge in [-0.05, 0) is 31.7 Å². The summed E-state index contributed by atoms with van der Waals surface area (Å²) >= 11 is 0. The van der Waals surface area contributed by atoms with Gasteiger partial charge in [0.1, 0.15) is 6.04 Å². The lowest BCUT2D eigenvalue weighted by Gasteiger charge is -2.21. The highest BCUT2D eigenvalue weighted by atomic mass is 16.5. The van der Waals surface area contributed by atoms with Gasteiger partial charge in [-0.3, -0.25) is 9.59 Å². The number of unbranched alkanes of at least 4 members (excludes halogenated alkanes) is 1. The number of hydrogen-bond acceptors (Lipinski definition) is 3. The van der Waals surface area contributed by atoms with Gasteiger partial charge in [0.15, 0.2) is 0 Å². The molecule has 5 heteroatoms. The van der Waals surface area contributed by atoms with E-state index >= 15 is 0 Å². The molecule has 24 heavy (non-hydrogen) atoms. The number of carbonyl (C=O) groups is 2. The van der Waals surface area contributed by atoms with Crippen LogP contribution in [0.25, 0.3) is 0 Å². The number of likely N-dealkylation sites (N-methyl/N-ethyl adjacent to an activating group) is 1. The van der Waals surface area contributed by atoms with Gasteiger partial charge in [0.2, 0.25) is 11.8 Å². The van der Waals surface area contributed by atoms with Crippen LogP contribution in [0, 0.1) is 0 Å². The molecule has 0 saturated carbocycles. The van der Waals surface area contributed by atoms with Crippen molar-refractivity contribution in [1.29, 1.82) is 0 Å². The zero-order valence-corrected chi connectivity index (χ0v) is 14.7. The Kier molecular flexibility index (Phi) is 7.25. The average molecular weight is 332 g/mol. The molecule has 0 radical (unpaired) electrons. The van der Waals surface area contributed by atoms with E-state index in [2.05, 4.69) is 29.6 Å². The molecule has 1 aliphatic rings. The van der Waals surface area contributed by atoms with E-state index in [4.69, 9.17) is 4.74 Å². The van der Waals surface area contributed by atoms with E-state index < -0.39 is 6.04 Å². The number of hydrogen-bond donors (Lipinski definition) is 1. The Bertz CT molecular complexity index is 533. The Morgan fingerprint density at radius 2 is 2.00 bits per heavy atom. The Labute approximate surface area is 144 Å². The molecule has 132 valence electrons. The normalized spacial score (nSPS) is 20.2. The molecule has 0 unspecified atom stereocenters. The van der Waals surface area contributed by atoms with Crippen LogP contribution in [0.3, 0.4) is 0 Å². The second kappa shape index (κ2) is 9.42. The second-order valence-corrected chi connectivity index (χ2v) is 6.25. The number of amides is 2. The summed E-state index contributed by atoms with van der Waals surface area (Å²) in [7, 11) is 0. The summed E-state index contributed by atoms with van der Waals surface area (Å²) in [6.45, 7) is 5.15. The molecule has 2 atom stereocenters. The van der Waals surface area contributed by atoms with Crippen LogP contribution < -0.4 is 5.32 Å². The van der Waals surface area contributed by atoms with E-state index in [0.717, 1.165) is 19.3 Å². The van der Waals surface area contributed by atoms with Crippen molar-refractivity contribution >= 4 is 11.8 Å². The monoisotopic (exact) mass is 332 g/mol. The first kappa shape index (κ1) is 18.5. The van der Waals surface area contributed by atoms with Gasteiger partial charge in [0, 0.05) is 33.0 Å². The van der Waals surface area contributed by atoms with Crippen LogP contribution in [-0.4, -0.2) is 48.6 Å². The SMILES string of the molecule is CCNC(=O)[C@@H]1C[C@H](OCCCCc2ccccc2)CN1C(C)=O. The predicted octanol–water partition coefficient (Wildman–Crippen LogP) is 2.15. The molecule has 2 rings (SSSR count). The van der Waals surface area contributed by atoms with Gasteiger partial charge < -0.3 is 15.0 Å². The number of aryl methyl sites for hydroxylation is 1. The van der Waals surface area contributed by atoms with E-state index in [9.17, 15) is 9.59 Å². The lowest BCUT2D eigenvalue weighted by Crippen LogP contribution is -2.45. The molecule has 1 saturated heterocycles. The summed E-state index contributed by atoms with van der Waals surface area (Å²) in [5.74, 6) is -0.149. The predicted molar refractivity (Wildman–Crippen MR) is 93.6 cm³/mol. The van der Waals surface area contributed by atoms with Crippen LogP contribution in [0.4, 0.5) is 0 Å². The molecule has 2 amide bonds. The van der Waals surface area contributed by atoms with Crippen LogP contribution in [0.5, 0.6) is 0 Å². The maximum absolute atomic E-state index is 12.1. The highest BCUT2D eigenvalue weighted by Gasteiger charge is 2.38. The minimum Gasteiger partial charge on any atom is -0.376 e. The third kappa shape index (κ3) is 5.34. The molecule has 1 fully saturated rings. The summed E-state index contributed by atoms with van der Waals surface area (Å²) in [5, 5.41) is 2.80. The molecule has 5 nitrogen and oxygen atoms in total. The summed E-state index contributed by atoms with van der Waals surface area (Å²) in [4.78, 5) is 25.4. The number of rotatable bonds is 8. The standard InChI is InChI=1S/C19H28N2O3/c1-3-20-19(23)18-13-17(14-21(18)15(2)22)24-12-8-7-11-16-9-5-4-6-10-16/h4-6,9-10,17-18H,3,7-8,11-14H2,1-2H3,(H,20,23)/t17-,18-/m0/s1. The summed E-state index contributed by atoms with van der Waals surface area (Å²) in [6, 6.07) is 10.0. The van der Waals surface area contributed by atoms with Crippen molar-refractivity contribution in [2.75, 3.05) is 19.7 Å². The third-order valence-corrected chi connectivity index (χ3v) is 4.38. The van der Waals surface area contributed by atoms with E-state index in [1.807, 2.05) is 13.0 Å². The highest BCUT2D eigenvalue weighted by molar-refractivity contribution is 5.87. The maximum atomic E-state index is 12.1. The first-order chi connectivity index (χ1) is 11.6. The topological polar surface area (TPSA) is 58.6 Å². The van der Waals surface area contributed by atoms with Crippen LogP contribution in [0.15, 0.2) is 30.3 Å². The van der Waals surface area contributed by atoms with Crippen molar-refractivity contribution in [3.63, 3.8) is 0 Å². The minimum absolute atomic E-state index is 0.0433. The van der Waals surface area contributed by atoms with Gasteiger partial charge in [-0.2, -0.15) is 0 Å². The zero-order chi connectivity index (χ0) is 17.4. The van der Waals surface area contributed by atoms with Crippen LogP contribution in [-0.2, 0) is 20.7 Å². The van der Waals surface area contributed by atoms with Gasteiger partial charge in [-0.25, -0.2) is 0 Å². The van der Waals surface area contributed by atoms with E-state index in [0.29, 0.717) is 26.1 Å². The molecule has 0 spiro atoms. The van der Waals surface area contributed by atoms with E-state index in [-0.39, 0.29) is 17.9 Å². The first-order valence-electron chi connectivity index (χ1n) is 8.82. The zero-order valence-electron chi connectivity index (χ0n) is 14.7. The molecule has 1 heterocycles. The summed E-state index contributed by atoms with van der Waals surface area (Å²) in [5.41, 5.74) is 1.34. The molecule has 1 aromatic carbocycles. The first-order valence-corrected chi connectivity index (χ1v) is 8.82. The lowest BCUT2D eigenvalue weighted by atomic mass is 10.1. The number of benzene rings is 1. The molecule has 0 bridgehead atoms. The molecule has 1 aliphatic heterocycles. The van der Waals surface area contributed by atoms with Gasteiger partial charge >= 0.3 is 0 Å². The maximum Gasteiger partial charge on any atom is 0.242 e. The average Bonchev–Trinajstić information content (AvgIpc) is 3.00.